The van der Waals surface area contributed by atoms with Crippen molar-refractivity contribution in [1.29, 1.82) is 0 Å². The van der Waals surface area contributed by atoms with Crippen LogP contribution in [0.25, 0.3) is 0 Å². The van der Waals surface area contributed by atoms with Crippen molar-refractivity contribution in [2.24, 2.45) is 40.9 Å². The first-order chi connectivity index (χ1) is 9.09. The van der Waals surface area contributed by atoms with Crippen LogP contribution < -0.4 is 5.32 Å². The number of alkyl halides is 1. The number of halogens is 1. The topological polar surface area (TPSA) is 46.2 Å². The highest BCUT2D eigenvalue weighted by atomic mass is 35.5. The van der Waals surface area contributed by atoms with Gasteiger partial charge in [-0.25, -0.2) is 0 Å². The summed E-state index contributed by atoms with van der Waals surface area (Å²) < 4.78 is 0. The van der Waals surface area contributed by atoms with E-state index in [0.29, 0.717) is 36.1 Å². The van der Waals surface area contributed by atoms with Gasteiger partial charge in [0.05, 0.1) is 11.3 Å². The fourth-order valence-corrected chi connectivity index (χ4v) is 6.37. The van der Waals surface area contributed by atoms with Crippen LogP contribution in [0.4, 0.5) is 0 Å². The van der Waals surface area contributed by atoms with Crippen molar-refractivity contribution in [2.75, 3.05) is 12.4 Å². The molecule has 4 fully saturated rings. The van der Waals surface area contributed by atoms with Crippen LogP contribution in [0, 0.1) is 40.9 Å². The first-order valence-corrected chi connectivity index (χ1v) is 7.69. The lowest BCUT2D eigenvalue weighted by Crippen LogP contribution is -2.50. The minimum absolute atomic E-state index is 0.0122. The molecule has 102 valence electrons. The molecule has 4 heteroatoms. The predicted octanol–water partition coefficient (Wildman–Crippen LogP) is 1.61. The van der Waals surface area contributed by atoms with Gasteiger partial charge in [-0.15, -0.1) is 11.6 Å². The number of hydrogen-bond donors (Lipinski definition) is 1. The van der Waals surface area contributed by atoms with Crippen LogP contribution >= 0.6 is 11.6 Å². The molecule has 7 unspecified atom stereocenters. The second-order valence-corrected chi connectivity index (χ2v) is 6.84. The second-order valence-electron chi connectivity index (χ2n) is 6.57. The number of allylic oxidation sites excluding steroid dienone is 1. The summed E-state index contributed by atoms with van der Waals surface area (Å²) in [4.78, 5) is 25.3. The van der Waals surface area contributed by atoms with Crippen molar-refractivity contribution in [3.05, 3.63) is 12.2 Å². The van der Waals surface area contributed by atoms with Crippen LogP contribution in [0.15, 0.2) is 12.2 Å². The maximum Gasteiger partial charge on any atom is 0.224 e. The molecule has 0 heterocycles. The van der Waals surface area contributed by atoms with Crippen molar-refractivity contribution < 1.29 is 9.59 Å². The lowest BCUT2D eigenvalue weighted by Gasteiger charge is -2.46. The number of ketones is 1. The third-order valence-corrected chi connectivity index (χ3v) is 6.76. The van der Waals surface area contributed by atoms with Crippen molar-refractivity contribution >= 4 is 23.3 Å². The fraction of sp³-hybridized carbons (Fsp3) is 0.733. The van der Waals surface area contributed by atoms with Gasteiger partial charge in [-0.3, -0.25) is 9.59 Å². The summed E-state index contributed by atoms with van der Waals surface area (Å²) in [6.07, 6.45) is 0.991. The molecule has 0 aliphatic heterocycles. The zero-order valence-electron chi connectivity index (χ0n) is 11.0. The van der Waals surface area contributed by atoms with E-state index in [4.69, 9.17) is 11.6 Å². The Morgan fingerprint density at radius 3 is 2.95 bits per heavy atom. The number of hydrogen-bond acceptors (Lipinski definition) is 2. The van der Waals surface area contributed by atoms with Crippen molar-refractivity contribution in [3.63, 3.8) is 0 Å². The zero-order chi connectivity index (χ0) is 13.5. The zero-order valence-corrected chi connectivity index (χ0v) is 11.7. The molecule has 4 aliphatic carbocycles. The van der Waals surface area contributed by atoms with Crippen molar-refractivity contribution in [1.82, 2.24) is 5.32 Å². The van der Waals surface area contributed by atoms with Crippen LogP contribution in [0.5, 0.6) is 0 Å². The van der Waals surface area contributed by atoms with E-state index < -0.39 is 5.41 Å². The maximum absolute atomic E-state index is 12.8. The Bertz CT molecular complexity index is 516. The minimum atomic E-state index is -0.587. The molecule has 19 heavy (non-hydrogen) atoms. The number of rotatable bonds is 3. The third kappa shape index (κ3) is 0.990. The summed E-state index contributed by atoms with van der Waals surface area (Å²) in [5, 5.41) is 2.91. The molecule has 0 spiro atoms. The molecule has 0 saturated heterocycles. The Kier molecular flexibility index (Phi) is 2.16. The molecule has 1 N–H and O–H groups in total. The molecule has 2 bridgehead atoms. The lowest BCUT2D eigenvalue weighted by molar-refractivity contribution is -0.138. The normalized spacial score (nSPS) is 52.5. The minimum Gasteiger partial charge on any atom is -0.356 e. The number of Topliss-reactive ketones (excluding diaryl/α,β-unsaturated/α-hetero) is 1. The van der Waals surface area contributed by atoms with Crippen LogP contribution in [0.3, 0.4) is 0 Å². The highest BCUT2D eigenvalue weighted by Gasteiger charge is 2.81. The van der Waals surface area contributed by atoms with E-state index in [9.17, 15) is 9.59 Å². The standard InChI is InChI=1S/C15H18ClNO2/c1-3-17-14(19)12-7-4-8-11-9(7)6(2)10(11)13(18)15(8,12)5-16/h7-12H,2-5H2,1H3,(H,17,19). The van der Waals surface area contributed by atoms with Crippen LogP contribution in [-0.4, -0.2) is 24.1 Å². The summed E-state index contributed by atoms with van der Waals surface area (Å²) in [7, 11) is 0. The Hall–Kier alpha value is -0.830. The third-order valence-electron chi connectivity index (χ3n) is 6.32. The summed E-state index contributed by atoms with van der Waals surface area (Å²) in [5.41, 5.74) is 0.498. The highest BCUT2D eigenvalue weighted by Crippen LogP contribution is 2.79. The number of nitrogens with one attached hydrogen (secondary N) is 1. The first kappa shape index (κ1) is 12.0. The quantitative estimate of drug-likeness (QED) is 0.630. The molecule has 7 atom stereocenters. The van der Waals surface area contributed by atoms with E-state index in [1.807, 2.05) is 6.92 Å². The maximum atomic E-state index is 12.8. The monoisotopic (exact) mass is 279 g/mol. The highest BCUT2D eigenvalue weighted by molar-refractivity contribution is 6.21. The van der Waals surface area contributed by atoms with Gasteiger partial charge in [0.1, 0.15) is 5.78 Å². The fourth-order valence-electron chi connectivity index (χ4n) is 5.87. The van der Waals surface area contributed by atoms with Gasteiger partial charge in [0.15, 0.2) is 0 Å². The van der Waals surface area contributed by atoms with Crippen LogP contribution in [0.1, 0.15) is 13.3 Å². The molecule has 4 saturated carbocycles. The first-order valence-electron chi connectivity index (χ1n) is 7.16. The average Bonchev–Trinajstić information content (AvgIpc) is 2.89. The molecule has 4 aliphatic rings. The van der Waals surface area contributed by atoms with E-state index >= 15 is 0 Å². The molecule has 0 aromatic carbocycles. The Morgan fingerprint density at radius 2 is 2.32 bits per heavy atom. The van der Waals surface area contributed by atoms with E-state index in [0.717, 1.165) is 12.0 Å². The summed E-state index contributed by atoms with van der Waals surface area (Å²) in [5.74, 6) is 1.83. The molecule has 0 aromatic heterocycles. The Morgan fingerprint density at radius 1 is 1.58 bits per heavy atom. The van der Waals surface area contributed by atoms with Gasteiger partial charge in [0, 0.05) is 18.3 Å². The van der Waals surface area contributed by atoms with Gasteiger partial charge in [-0.1, -0.05) is 12.2 Å². The van der Waals surface area contributed by atoms with Crippen LogP contribution in [0.2, 0.25) is 0 Å². The van der Waals surface area contributed by atoms with E-state index in [2.05, 4.69) is 11.9 Å². The predicted molar refractivity (Wildman–Crippen MR) is 71.5 cm³/mol. The second kappa shape index (κ2) is 3.43. The summed E-state index contributed by atoms with van der Waals surface area (Å²) in [6, 6.07) is 0. The molecular formula is C15H18ClNO2. The lowest BCUT2D eigenvalue weighted by atomic mass is 9.57. The smallest absolute Gasteiger partial charge is 0.224 e. The van der Waals surface area contributed by atoms with Gasteiger partial charge in [0.25, 0.3) is 0 Å². The van der Waals surface area contributed by atoms with Gasteiger partial charge < -0.3 is 5.32 Å². The SMILES string of the molecule is C=C1C2C(=O)C3(CCl)C4CC(C1C24)C3C(=O)NCC. The van der Waals surface area contributed by atoms with Crippen molar-refractivity contribution in [3.8, 4) is 0 Å². The molecule has 1 amide bonds. The summed E-state index contributed by atoms with van der Waals surface area (Å²) in [6.45, 7) is 6.64. The average molecular weight is 280 g/mol. The molecule has 0 aromatic rings. The van der Waals surface area contributed by atoms with E-state index in [-0.39, 0.29) is 23.5 Å². The van der Waals surface area contributed by atoms with Gasteiger partial charge in [0.2, 0.25) is 5.91 Å². The van der Waals surface area contributed by atoms with Gasteiger partial charge in [-0.2, -0.15) is 0 Å². The number of carbonyl (C=O) groups excluding carboxylic acids is 2. The Labute approximate surface area is 117 Å². The Balaban J connectivity index is 1.84. The molecule has 4 rings (SSSR count). The molecular weight excluding hydrogens is 262 g/mol. The summed E-state index contributed by atoms with van der Waals surface area (Å²) >= 11 is 6.22. The van der Waals surface area contributed by atoms with Crippen molar-refractivity contribution in [2.45, 2.75) is 13.3 Å². The number of amides is 1. The van der Waals surface area contributed by atoms with Crippen LogP contribution in [-0.2, 0) is 9.59 Å². The van der Waals surface area contributed by atoms with E-state index in [1.54, 1.807) is 0 Å². The number of fused-ring (bicyclic) bond motifs is 2. The molecule has 0 radical (unpaired) electrons. The number of carbonyl (C=O) groups is 2. The largest absolute Gasteiger partial charge is 0.356 e. The van der Waals surface area contributed by atoms with Gasteiger partial charge >= 0.3 is 0 Å². The van der Waals surface area contributed by atoms with Gasteiger partial charge in [-0.05, 0) is 37.0 Å². The molecule has 3 nitrogen and oxygen atoms in total. The van der Waals surface area contributed by atoms with E-state index in [1.165, 1.54) is 0 Å².